The number of carbonyl (C=O) groups is 6. The van der Waals surface area contributed by atoms with Crippen LogP contribution in [0.2, 0.25) is 0 Å². The van der Waals surface area contributed by atoms with Crippen LogP contribution >= 0.6 is 0 Å². The molecule has 11 heteroatoms. The summed E-state index contributed by atoms with van der Waals surface area (Å²) in [6, 6.07) is 5.79. The van der Waals surface area contributed by atoms with Crippen LogP contribution < -0.4 is 27.0 Å². The third kappa shape index (κ3) is 9.85. The van der Waals surface area contributed by atoms with Crippen molar-refractivity contribution in [2.24, 2.45) is 11.7 Å². The summed E-state index contributed by atoms with van der Waals surface area (Å²) < 4.78 is 0. The van der Waals surface area contributed by atoms with Crippen LogP contribution in [-0.4, -0.2) is 59.0 Å². The molecule has 0 aliphatic rings. The molecule has 1 rings (SSSR count). The quantitative estimate of drug-likeness (QED) is 0.231. The number of carbonyl (C=O) groups excluding carboxylic acids is 6. The van der Waals surface area contributed by atoms with E-state index in [4.69, 9.17) is 5.73 Å². The molecule has 0 aromatic heterocycles. The first-order valence-electron chi connectivity index (χ1n) is 11.7. The highest BCUT2D eigenvalue weighted by Crippen LogP contribution is 2.07. The fourth-order valence-electron chi connectivity index (χ4n) is 3.12. The molecule has 0 aliphatic heterocycles. The van der Waals surface area contributed by atoms with E-state index in [0.717, 1.165) is 5.56 Å². The Morgan fingerprint density at radius 1 is 0.833 bits per heavy atom. The zero-order chi connectivity index (χ0) is 27.6. The number of hydrogen-bond donors (Lipinski definition) is 5. The number of primary amides is 1. The van der Waals surface area contributed by atoms with Crippen molar-refractivity contribution in [3.63, 3.8) is 0 Å². The summed E-state index contributed by atoms with van der Waals surface area (Å²) >= 11 is 0. The molecule has 2 unspecified atom stereocenters. The number of nitrogens with two attached hydrogens (primary N) is 1. The van der Waals surface area contributed by atoms with Crippen LogP contribution in [0.25, 0.3) is 0 Å². The Kier molecular flexibility index (Phi) is 11.2. The van der Waals surface area contributed by atoms with Crippen LogP contribution in [0.3, 0.4) is 0 Å². The van der Waals surface area contributed by atoms with Crippen LogP contribution in [-0.2, 0) is 35.2 Å². The summed E-state index contributed by atoms with van der Waals surface area (Å²) in [6.45, 7) is 9.24. The van der Waals surface area contributed by atoms with Gasteiger partial charge in [-0.2, -0.15) is 0 Å². The Bertz CT molecular complexity index is 976. The van der Waals surface area contributed by atoms with Gasteiger partial charge in [-0.15, -0.1) is 0 Å². The van der Waals surface area contributed by atoms with E-state index in [1.54, 1.807) is 12.1 Å². The molecule has 0 saturated heterocycles. The molecule has 0 saturated carbocycles. The van der Waals surface area contributed by atoms with Gasteiger partial charge in [0.15, 0.2) is 0 Å². The first-order chi connectivity index (χ1) is 16.6. The fourth-order valence-corrected chi connectivity index (χ4v) is 3.12. The molecular weight excluding hydrogens is 466 g/mol. The molecule has 0 heterocycles. The molecule has 0 fully saturated rings. The molecule has 36 heavy (non-hydrogen) atoms. The third-order valence-electron chi connectivity index (χ3n) is 5.33. The fraction of sp³-hybridized carbons (Fsp3) is 0.520. The summed E-state index contributed by atoms with van der Waals surface area (Å²) in [5.74, 6) is -4.43. The highest BCUT2D eigenvalue weighted by molar-refractivity contribution is 6.38. The molecule has 1 aromatic rings. The normalized spacial score (nSPS) is 13.6. The van der Waals surface area contributed by atoms with Gasteiger partial charge < -0.3 is 27.0 Å². The molecule has 0 aliphatic carbocycles. The first kappa shape index (κ1) is 30.3. The molecule has 0 bridgehead atoms. The van der Waals surface area contributed by atoms with Crippen molar-refractivity contribution in [3.05, 3.63) is 35.9 Å². The molecule has 5 amide bonds. The second-order valence-electron chi connectivity index (χ2n) is 9.68. The molecule has 198 valence electrons. The van der Waals surface area contributed by atoms with E-state index >= 15 is 0 Å². The predicted molar refractivity (Wildman–Crippen MR) is 133 cm³/mol. The lowest BCUT2D eigenvalue weighted by atomic mass is 10.0. The van der Waals surface area contributed by atoms with Crippen molar-refractivity contribution in [1.82, 2.24) is 21.3 Å². The highest BCUT2D eigenvalue weighted by atomic mass is 16.2. The maximum atomic E-state index is 12.8. The number of ketones is 1. The SMILES string of the molecule is CC(C)C[C@H](NC(=O)Cc1ccccc1)C(=O)NC(C)C(=O)C(=O)NC(C)C(=O)NC(C)(C)C(N)=O. The lowest BCUT2D eigenvalue weighted by Crippen LogP contribution is -2.59. The minimum Gasteiger partial charge on any atom is -0.368 e. The van der Waals surface area contributed by atoms with Gasteiger partial charge in [0.1, 0.15) is 17.6 Å². The standard InChI is InChI=1S/C25H37N5O6/c1-14(2)12-18(29-19(31)13-17-10-8-7-9-11-17)22(34)27-15(3)20(32)23(35)28-16(4)21(33)30-25(5,6)24(26)36/h7-11,14-16,18H,12-13H2,1-6H3,(H2,26,36)(H,27,34)(H,28,35)(H,29,31)(H,30,33)/t15?,16?,18-/m0/s1. The Morgan fingerprint density at radius 2 is 1.42 bits per heavy atom. The van der Waals surface area contributed by atoms with Crippen LogP contribution in [0.15, 0.2) is 30.3 Å². The van der Waals surface area contributed by atoms with E-state index in [1.165, 1.54) is 27.7 Å². The molecule has 11 nitrogen and oxygen atoms in total. The number of hydrogen-bond acceptors (Lipinski definition) is 6. The summed E-state index contributed by atoms with van der Waals surface area (Å²) in [5, 5.41) is 9.78. The maximum Gasteiger partial charge on any atom is 0.290 e. The lowest BCUT2D eigenvalue weighted by molar-refractivity contribution is -0.141. The van der Waals surface area contributed by atoms with Gasteiger partial charge in [0.2, 0.25) is 29.4 Å². The van der Waals surface area contributed by atoms with Crippen molar-refractivity contribution >= 4 is 35.3 Å². The monoisotopic (exact) mass is 503 g/mol. The number of Topliss-reactive ketones (excluding diaryl/α,β-unsaturated/α-hetero) is 1. The third-order valence-corrected chi connectivity index (χ3v) is 5.33. The van der Waals surface area contributed by atoms with Gasteiger partial charge in [0.25, 0.3) is 5.91 Å². The van der Waals surface area contributed by atoms with Crippen LogP contribution in [0.1, 0.15) is 53.5 Å². The molecule has 0 spiro atoms. The van der Waals surface area contributed by atoms with Gasteiger partial charge in [-0.1, -0.05) is 44.2 Å². The molecule has 1 aromatic carbocycles. The predicted octanol–water partition coefficient (Wildman–Crippen LogP) is -0.281. The summed E-state index contributed by atoms with van der Waals surface area (Å²) in [6.07, 6.45) is 0.415. The summed E-state index contributed by atoms with van der Waals surface area (Å²) in [5.41, 5.74) is 4.65. The number of nitrogens with one attached hydrogen (secondary N) is 4. The first-order valence-corrected chi connectivity index (χ1v) is 11.7. The van der Waals surface area contributed by atoms with Crippen molar-refractivity contribution in [3.8, 4) is 0 Å². The Balaban J connectivity index is 2.73. The Morgan fingerprint density at radius 3 is 1.94 bits per heavy atom. The molecular formula is C25H37N5O6. The lowest BCUT2D eigenvalue weighted by Gasteiger charge is -2.25. The number of benzene rings is 1. The summed E-state index contributed by atoms with van der Waals surface area (Å²) in [7, 11) is 0. The van der Waals surface area contributed by atoms with Crippen molar-refractivity contribution in [2.75, 3.05) is 0 Å². The average molecular weight is 504 g/mol. The molecule has 0 radical (unpaired) electrons. The van der Waals surface area contributed by atoms with Crippen molar-refractivity contribution < 1.29 is 28.8 Å². The van der Waals surface area contributed by atoms with E-state index in [1.807, 2.05) is 32.0 Å². The second-order valence-corrected chi connectivity index (χ2v) is 9.68. The van der Waals surface area contributed by atoms with Crippen molar-refractivity contribution in [1.29, 1.82) is 0 Å². The van der Waals surface area contributed by atoms with Gasteiger partial charge in [0.05, 0.1) is 12.5 Å². The largest absolute Gasteiger partial charge is 0.368 e. The number of amides is 5. The van der Waals surface area contributed by atoms with E-state index in [0.29, 0.717) is 6.42 Å². The minimum absolute atomic E-state index is 0.0658. The topological polar surface area (TPSA) is 177 Å². The van der Waals surface area contributed by atoms with Gasteiger partial charge in [-0.3, -0.25) is 28.8 Å². The van der Waals surface area contributed by atoms with E-state index in [2.05, 4.69) is 21.3 Å². The van der Waals surface area contributed by atoms with E-state index < -0.39 is 53.1 Å². The highest BCUT2D eigenvalue weighted by Gasteiger charge is 2.32. The van der Waals surface area contributed by atoms with Gasteiger partial charge in [0, 0.05) is 0 Å². The average Bonchev–Trinajstić information content (AvgIpc) is 2.77. The van der Waals surface area contributed by atoms with Gasteiger partial charge >= 0.3 is 0 Å². The van der Waals surface area contributed by atoms with Crippen LogP contribution in [0.4, 0.5) is 0 Å². The van der Waals surface area contributed by atoms with Gasteiger partial charge in [-0.25, -0.2) is 0 Å². The minimum atomic E-state index is -1.35. The van der Waals surface area contributed by atoms with Crippen LogP contribution in [0.5, 0.6) is 0 Å². The van der Waals surface area contributed by atoms with Crippen molar-refractivity contribution in [2.45, 2.75) is 78.0 Å². The molecule has 6 N–H and O–H groups in total. The Labute approximate surface area is 211 Å². The zero-order valence-electron chi connectivity index (χ0n) is 21.6. The number of rotatable bonds is 13. The Hall–Kier alpha value is -3.76. The van der Waals surface area contributed by atoms with Gasteiger partial charge in [-0.05, 0) is 45.6 Å². The maximum absolute atomic E-state index is 12.8. The zero-order valence-corrected chi connectivity index (χ0v) is 21.6. The second kappa shape index (κ2) is 13.4. The smallest absolute Gasteiger partial charge is 0.290 e. The molecule has 3 atom stereocenters. The van der Waals surface area contributed by atoms with Crippen LogP contribution in [0, 0.1) is 5.92 Å². The van der Waals surface area contributed by atoms with E-state index in [9.17, 15) is 28.8 Å². The van der Waals surface area contributed by atoms with E-state index in [-0.39, 0.29) is 18.2 Å². The summed E-state index contributed by atoms with van der Waals surface area (Å²) in [4.78, 5) is 73.8.